The summed E-state index contributed by atoms with van der Waals surface area (Å²) in [6.07, 6.45) is 3.14. The van der Waals surface area contributed by atoms with Crippen molar-refractivity contribution in [3.63, 3.8) is 0 Å². The van der Waals surface area contributed by atoms with Gasteiger partial charge in [0.05, 0.1) is 39.6 Å². The average molecular weight is 546 g/mol. The van der Waals surface area contributed by atoms with Gasteiger partial charge in [0.25, 0.3) is 11.7 Å². The monoisotopic (exact) mass is 545 g/mol. The molecule has 1 heterocycles. The highest BCUT2D eigenvalue weighted by molar-refractivity contribution is 6.51. The van der Waals surface area contributed by atoms with Gasteiger partial charge < -0.3 is 24.1 Å². The van der Waals surface area contributed by atoms with Crippen molar-refractivity contribution in [2.75, 3.05) is 32.8 Å². The maximum absolute atomic E-state index is 13.6. The van der Waals surface area contributed by atoms with Crippen molar-refractivity contribution < 1.29 is 33.6 Å². The number of rotatable bonds is 11. The van der Waals surface area contributed by atoms with Crippen LogP contribution in [-0.4, -0.2) is 44.7 Å². The van der Waals surface area contributed by atoms with Gasteiger partial charge in [0.1, 0.15) is 11.5 Å². The van der Waals surface area contributed by atoms with Crippen molar-refractivity contribution >= 4 is 23.1 Å². The molecular weight excluding hydrogens is 510 g/mol. The van der Waals surface area contributed by atoms with Gasteiger partial charge in [-0.1, -0.05) is 38.0 Å². The summed E-state index contributed by atoms with van der Waals surface area (Å²) in [5, 5.41) is 11.5. The average Bonchev–Trinajstić information content (AvgIpc) is 3.24. The number of benzene rings is 3. The molecule has 0 aliphatic carbocycles. The largest absolute Gasteiger partial charge is 0.507 e. The van der Waals surface area contributed by atoms with Crippen LogP contribution in [0.1, 0.15) is 48.9 Å². The quantitative estimate of drug-likeness (QED) is 0.132. The lowest BCUT2D eigenvalue weighted by atomic mass is 9.94. The highest BCUT2D eigenvalue weighted by Gasteiger charge is 2.47. The molecule has 0 saturated carbocycles. The lowest BCUT2D eigenvalue weighted by molar-refractivity contribution is -0.132. The number of ketones is 1. The van der Waals surface area contributed by atoms with Crippen molar-refractivity contribution in [1.82, 2.24) is 0 Å². The number of methoxy groups -OCH3 is 3. The second-order valence-corrected chi connectivity index (χ2v) is 9.49. The molecule has 8 nitrogen and oxygen atoms in total. The first-order chi connectivity index (χ1) is 19.4. The van der Waals surface area contributed by atoms with Crippen LogP contribution < -0.4 is 23.8 Å². The predicted octanol–water partition coefficient (Wildman–Crippen LogP) is 6.22. The summed E-state index contributed by atoms with van der Waals surface area (Å²) >= 11 is 0. The maximum atomic E-state index is 13.6. The van der Waals surface area contributed by atoms with Crippen molar-refractivity contribution in [2.45, 2.75) is 39.2 Å². The number of aliphatic hydroxyl groups excluding tert-OH is 1. The lowest BCUT2D eigenvalue weighted by Gasteiger charge is -2.27. The minimum atomic E-state index is -0.959. The van der Waals surface area contributed by atoms with Gasteiger partial charge in [0.2, 0.25) is 5.75 Å². The molecule has 0 bridgehead atoms. The van der Waals surface area contributed by atoms with Gasteiger partial charge in [0, 0.05) is 11.3 Å². The Bertz CT molecular complexity index is 1390. The van der Waals surface area contributed by atoms with E-state index in [0.29, 0.717) is 46.4 Å². The molecule has 210 valence electrons. The molecule has 1 aliphatic rings. The number of nitrogens with zero attached hydrogens (tertiary/aromatic N) is 1. The first-order valence-electron chi connectivity index (χ1n) is 13.3. The number of carbonyl (C=O) groups excluding carboxylic acids is 2. The van der Waals surface area contributed by atoms with Crippen LogP contribution in [0.3, 0.4) is 0 Å². The highest BCUT2D eigenvalue weighted by Crippen LogP contribution is 2.47. The van der Waals surface area contributed by atoms with Crippen molar-refractivity contribution in [1.29, 1.82) is 0 Å². The molecule has 3 aromatic carbocycles. The van der Waals surface area contributed by atoms with Crippen LogP contribution in [0.4, 0.5) is 5.69 Å². The number of hydrogen-bond acceptors (Lipinski definition) is 7. The second-order valence-electron chi connectivity index (χ2n) is 9.49. The number of unbranched alkanes of at least 4 members (excludes halogenated alkanes) is 2. The third kappa shape index (κ3) is 5.47. The summed E-state index contributed by atoms with van der Waals surface area (Å²) in [4.78, 5) is 28.6. The molecule has 0 aromatic heterocycles. The summed E-state index contributed by atoms with van der Waals surface area (Å²) in [6, 6.07) is 16.5. The molecule has 40 heavy (non-hydrogen) atoms. The number of carbonyl (C=O) groups is 2. The Kier molecular flexibility index (Phi) is 8.99. The Labute approximate surface area is 234 Å². The molecule has 1 N–H and O–H groups in total. The number of aliphatic hydroxyl groups is 1. The summed E-state index contributed by atoms with van der Waals surface area (Å²) in [5.41, 5.74) is 2.21. The van der Waals surface area contributed by atoms with E-state index < -0.39 is 17.7 Å². The minimum absolute atomic E-state index is 0.0425. The Hall–Kier alpha value is -4.46. The number of para-hydroxylation sites is 1. The van der Waals surface area contributed by atoms with Crippen LogP contribution in [0.2, 0.25) is 0 Å². The predicted molar refractivity (Wildman–Crippen MR) is 154 cm³/mol. The molecule has 1 unspecified atom stereocenters. The van der Waals surface area contributed by atoms with Crippen molar-refractivity contribution in [3.8, 4) is 23.0 Å². The molecule has 4 rings (SSSR count). The number of aryl methyl sites for hydroxylation is 1. The van der Waals surface area contributed by atoms with E-state index in [2.05, 4.69) is 6.92 Å². The Morgan fingerprint density at radius 3 is 2.12 bits per heavy atom. The number of Topliss-reactive ketones (excluding diaryl/α,β-unsaturated/α-hetero) is 1. The molecule has 1 fully saturated rings. The molecule has 0 spiro atoms. The number of hydrogen-bond donors (Lipinski definition) is 1. The van der Waals surface area contributed by atoms with Crippen LogP contribution in [0.5, 0.6) is 23.0 Å². The normalized spacial score (nSPS) is 16.2. The maximum Gasteiger partial charge on any atom is 0.300 e. The zero-order chi connectivity index (χ0) is 28.8. The van der Waals surface area contributed by atoms with E-state index in [0.717, 1.165) is 24.8 Å². The molecule has 1 aliphatic heterocycles. The van der Waals surface area contributed by atoms with Gasteiger partial charge >= 0.3 is 0 Å². The topological polar surface area (TPSA) is 94.5 Å². The van der Waals surface area contributed by atoms with Gasteiger partial charge in [-0.25, -0.2) is 0 Å². The van der Waals surface area contributed by atoms with Crippen LogP contribution in [0.25, 0.3) is 5.76 Å². The third-order valence-corrected chi connectivity index (χ3v) is 6.97. The standard InChI is InChI=1S/C32H35NO7/c1-6-7-10-17-40-23-15-13-21(14-16-23)29(34)27-28(22-18-25(37-3)31(39-5)26(19-22)38-4)33(32(36)30(27)35)24-12-9-8-11-20(24)2/h8-9,11-16,18-19,28,34H,6-7,10,17H2,1-5H3/b29-27+. The molecule has 3 aromatic rings. The van der Waals surface area contributed by atoms with E-state index >= 15 is 0 Å². The fourth-order valence-electron chi connectivity index (χ4n) is 4.90. The van der Waals surface area contributed by atoms with E-state index in [9.17, 15) is 14.7 Å². The Morgan fingerprint density at radius 1 is 0.900 bits per heavy atom. The van der Waals surface area contributed by atoms with Gasteiger partial charge in [0.15, 0.2) is 11.5 Å². The molecule has 1 amide bonds. The Balaban J connectivity index is 1.87. The lowest BCUT2D eigenvalue weighted by Crippen LogP contribution is -2.30. The number of anilines is 1. The fourth-order valence-corrected chi connectivity index (χ4v) is 4.90. The van der Waals surface area contributed by atoms with E-state index in [4.69, 9.17) is 18.9 Å². The summed E-state index contributed by atoms with van der Waals surface area (Å²) in [5.74, 6) is -0.0745. The third-order valence-electron chi connectivity index (χ3n) is 6.97. The fraction of sp³-hybridized carbons (Fsp3) is 0.312. The van der Waals surface area contributed by atoms with E-state index in [1.807, 2.05) is 19.1 Å². The van der Waals surface area contributed by atoms with Crippen molar-refractivity contribution in [3.05, 3.63) is 82.9 Å². The van der Waals surface area contributed by atoms with Crippen LogP contribution >= 0.6 is 0 Å². The van der Waals surface area contributed by atoms with Gasteiger partial charge in [-0.2, -0.15) is 0 Å². The van der Waals surface area contributed by atoms with Crippen LogP contribution in [0.15, 0.2) is 66.2 Å². The SMILES string of the molecule is CCCCCOc1ccc(/C(O)=C2\C(=O)C(=O)N(c3ccccc3C)C2c2cc(OC)c(OC)c(OC)c2)cc1. The summed E-state index contributed by atoms with van der Waals surface area (Å²) in [6.45, 7) is 4.59. The molecular formula is C32H35NO7. The summed E-state index contributed by atoms with van der Waals surface area (Å²) < 4.78 is 22.4. The van der Waals surface area contributed by atoms with Gasteiger partial charge in [-0.05, 0) is 66.9 Å². The zero-order valence-corrected chi connectivity index (χ0v) is 23.5. The minimum Gasteiger partial charge on any atom is -0.507 e. The smallest absolute Gasteiger partial charge is 0.300 e. The first kappa shape index (κ1) is 28.5. The van der Waals surface area contributed by atoms with Gasteiger partial charge in [-0.15, -0.1) is 0 Å². The molecule has 8 heteroatoms. The van der Waals surface area contributed by atoms with Gasteiger partial charge in [-0.3, -0.25) is 14.5 Å². The Morgan fingerprint density at radius 2 is 1.55 bits per heavy atom. The summed E-state index contributed by atoms with van der Waals surface area (Å²) in [7, 11) is 4.48. The van der Waals surface area contributed by atoms with E-state index in [1.54, 1.807) is 48.5 Å². The number of amides is 1. The van der Waals surface area contributed by atoms with Crippen molar-refractivity contribution in [2.24, 2.45) is 0 Å². The van der Waals surface area contributed by atoms with Crippen LogP contribution in [-0.2, 0) is 9.59 Å². The van der Waals surface area contributed by atoms with E-state index in [1.165, 1.54) is 26.2 Å². The molecule has 0 radical (unpaired) electrons. The molecule has 1 atom stereocenters. The van der Waals surface area contributed by atoms with E-state index in [-0.39, 0.29) is 11.3 Å². The first-order valence-corrected chi connectivity index (χ1v) is 13.3. The molecule has 1 saturated heterocycles. The second kappa shape index (κ2) is 12.6. The zero-order valence-electron chi connectivity index (χ0n) is 23.5. The van der Waals surface area contributed by atoms with Crippen LogP contribution in [0, 0.1) is 6.92 Å². The number of ether oxygens (including phenoxy) is 4. The highest BCUT2D eigenvalue weighted by atomic mass is 16.5.